The number of hydrogen-bond acceptors (Lipinski definition) is 5. The number of nitrogens with zero attached hydrogens (tertiary/aromatic N) is 5. The van der Waals surface area contributed by atoms with E-state index in [4.69, 9.17) is 11.6 Å². The summed E-state index contributed by atoms with van der Waals surface area (Å²) in [5, 5.41) is 15.3. The van der Waals surface area contributed by atoms with E-state index < -0.39 is 0 Å². The Morgan fingerprint density at radius 2 is 2.10 bits per heavy atom. The van der Waals surface area contributed by atoms with Gasteiger partial charge < -0.3 is 9.88 Å². The number of halogens is 1. The molecule has 114 valence electrons. The number of anilines is 1. The summed E-state index contributed by atoms with van der Waals surface area (Å²) in [5.74, 6) is 1.07. The molecule has 1 atom stereocenters. The molecule has 0 radical (unpaired) electrons. The van der Waals surface area contributed by atoms with E-state index in [1.807, 2.05) is 27.8 Å². The van der Waals surface area contributed by atoms with Crippen molar-refractivity contribution in [1.82, 2.24) is 24.5 Å². The summed E-state index contributed by atoms with van der Waals surface area (Å²) in [6.07, 6.45) is 3.19. The largest absolute Gasteiger partial charge is 0.373 e. The Hall–Kier alpha value is -1.89. The number of rotatable bonds is 5. The van der Waals surface area contributed by atoms with Gasteiger partial charge >= 0.3 is 0 Å². The standard InChI is InChI=1S/C13H19ClN6O/c1-8(2)6-20-13(21)11(14)10(5-16-20)17-9(3)12-18-15-7-19(12)4/h5,7-9,17H,6H2,1-4H3. The molecule has 2 aromatic rings. The molecule has 8 heteroatoms. The topological polar surface area (TPSA) is 77.6 Å². The fourth-order valence-electron chi connectivity index (χ4n) is 2.02. The fourth-order valence-corrected chi connectivity index (χ4v) is 2.22. The molecule has 0 fully saturated rings. The first-order chi connectivity index (χ1) is 9.90. The van der Waals surface area contributed by atoms with E-state index in [0.717, 1.165) is 5.82 Å². The van der Waals surface area contributed by atoms with E-state index in [1.165, 1.54) is 4.68 Å². The maximum Gasteiger partial charge on any atom is 0.287 e. The van der Waals surface area contributed by atoms with Crippen molar-refractivity contribution in [3.63, 3.8) is 0 Å². The Bertz CT molecular complexity index is 678. The highest BCUT2D eigenvalue weighted by molar-refractivity contribution is 6.32. The Balaban J connectivity index is 2.24. The smallest absolute Gasteiger partial charge is 0.287 e. The molecule has 0 aliphatic rings. The van der Waals surface area contributed by atoms with Crippen molar-refractivity contribution < 1.29 is 0 Å². The zero-order valence-electron chi connectivity index (χ0n) is 12.5. The molecule has 2 heterocycles. The van der Waals surface area contributed by atoms with Gasteiger partial charge in [0.05, 0.1) is 17.9 Å². The summed E-state index contributed by atoms with van der Waals surface area (Å²) in [5.41, 5.74) is 0.206. The van der Waals surface area contributed by atoms with Crippen molar-refractivity contribution in [2.45, 2.75) is 33.4 Å². The summed E-state index contributed by atoms with van der Waals surface area (Å²) in [6, 6.07) is -0.142. The van der Waals surface area contributed by atoms with E-state index in [1.54, 1.807) is 17.1 Å². The molecule has 0 saturated carbocycles. The molecule has 0 spiro atoms. The van der Waals surface area contributed by atoms with Crippen LogP contribution < -0.4 is 10.9 Å². The summed E-state index contributed by atoms with van der Waals surface area (Å²) in [4.78, 5) is 12.2. The molecule has 1 unspecified atom stereocenters. The summed E-state index contributed by atoms with van der Waals surface area (Å²) < 4.78 is 3.18. The van der Waals surface area contributed by atoms with Gasteiger partial charge in [0, 0.05) is 13.6 Å². The van der Waals surface area contributed by atoms with Crippen LogP contribution >= 0.6 is 11.6 Å². The Morgan fingerprint density at radius 3 is 2.67 bits per heavy atom. The minimum absolute atomic E-state index is 0.139. The first kappa shape index (κ1) is 15.5. The molecule has 1 N–H and O–H groups in total. The van der Waals surface area contributed by atoms with Crippen LogP contribution in [0.3, 0.4) is 0 Å². The van der Waals surface area contributed by atoms with Gasteiger partial charge in [-0.25, -0.2) is 4.68 Å². The van der Waals surface area contributed by atoms with E-state index in [0.29, 0.717) is 18.2 Å². The lowest BCUT2D eigenvalue weighted by atomic mass is 10.2. The van der Waals surface area contributed by atoms with Gasteiger partial charge in [-0.3, -0.25) is 4.79 Å². The second kappa shape index (κ2) is 6.26. The molecule has 0 amide bonds. The maximum atomic E-state index is 12.2. The van der Waals surface area contributed by atoms with Crippen molar-refractivity contribution >= 4 is 17.3 Å². The predicted octanol–water partition coefficient (Wildman–Crippen LogP) is 1.85. The van der Waals surface area contributed by atoms with E-state index >= 15 is 0 Å². The van der Waals surface area contributed by atoms with Crippen molar-refractivity contribution in [3.05, 3.63) is 33.7 Å². The number of nitrogens with one attached hydrogen (secondary N) is 1. The highest BCUT2D eigenvalue weighted by Gasteiger charge is 2.15. The van der Waals surface area contributed by atoms with Crippen LogP contribution in [0.5, 0.6) is 0 Å². The van der Waals surface area contributed by atoms with Crippen molar-refractivity contribution in [2.24, 2.45) is 13.0 Å². The van der Waals surface area contributed by atoms with Crippen molar-refractivity contribution in [1.29, 1.82) is 0 Å². The zero-order valence-corrected chi connectivity index (χ0v) is 13.3. The van der Waals surface area contributed by atoms with Gasteiger partial charge in [0.2, 0.25) is 0 Å². The third kappa shape index (κ3) is 3.41. The zero-order chi connectivity index (χ0) is 15.6. The molecule has 7 nitrogen and oxygen atoms in total. The van der Waals surface area contributed by atoms with Gasteiger partial charge in [-0.05, 0) is 12.8 Å². The quantitative estimate of drug-likeness (QED) is 0.912. The predicted molar refractivity (Wildman–Crippen MR) is 81.4 cm³/mol. The highest BCUT2D eigenvalue weighted by atomic mass is 35.5. The molecule has 0 aliphatic carbocycles. The lowest BCUT2D eigenvalue weighted by Crippen LogP contribution is -2.26. The van der Waals surface area contributed by atoms with Crippen LogP contribution in [0.1, 0.15) is 32.6 Å². The second-order valence-corrected chi connectivity index (χ2v) is 5.80. The van der Waals surface area contributed by atoms with Crippen molar-refractivity contribution in [2.75, 3.05) is 5.32 Å². The molecule has 0 bridgehead atoms. The first-order valence-electron chi connectivity index (χ1n) is 6.76. The third-order valence-corrected chi connectivity index (χ3v) is 3.39. The van der Waals surface area contributed by atoms with Crippen LogP contribution in [0.2, 0.25) is 5.02 Å². The van der Waals surface area contributed by atoms with Crippen LogP contribution in [-0.2, 0) is 13.6 Å². The third-order valence-electron chi connectivity index (χ3n) is 3.03. The van der Waals surface area contributed by atoms with Gasteiger partial charge in [-0.2, -0.15) is 5.10 Å². The number of hydrogen-bond donors (Lipinski definition) is 1. The summed E-state index contributed by atoms with van der Waals surface area (Å²) >= 11 is 6.15. The van der Waals surface area contributed by atoms with E-state index in [9.17, 15) is 4.79 Å². The Morgan fingerprint density at radius 1 is 1.38 bits per heavy atom. The SMILES string of the molecule is CC(C)Cn1ncc(NC(C)c2nncn2C)c(Cl)c1=O. The Kier molecular flexibility index (Phi) is 4.62. The van der Waals surface area contributed by atoms with Gasteiger partial charge in [-0.1, -0.05) is 25.4 Å². The molecule has 2 aromatic heterocycles. The van der Waals surface area contributed by atoms with Crippen LogP contribution in [0.25, 0.3) is 0 Å². The van der Waals surface area contributed by atoms with E-state index in [2.05, 4.69) is 20.6 Å². The van der Waals surface area contributed by atoms with Crippen molar-refractivity contribution in [3.8, 4) is 0 Å². The van der Waals surface area contributed by atoms with E-state index in [-0.39, 0.29) is 16.6 Å². The van der Waals surface area contributed by atoms with Gasteiger partial charge in [0.1, 0.15) is 11.3 Å². The minimum atomic E-state index is -0.291. The Labute approximate surface area is 128 Å². The van der Waals surface area contributed by atoms with Gasteiger partial charge in [0.15, 0.2) is 5.82 Å². The normalized spacial score (nSPS) is 12.7. The van der Waals surface area contributed by atoms with Gasteiger partial charge in [-0.15, -0.1) is 10.2 Å². The van der Waals surface area contributed by atoms with Crippen LogP contribution in [0, 0.1) is 5.92 Å². The van der Waals surface area contributed by atoms with Crippen LogP contribution in [0.4, 0.5) is 5.69 Å². The maximum absolute atomic E-state index is 12.2. The average Bonchev–Trinajstić information content (AvgIpc) is 2.84. The van der Waals surface area contributed by atoms with Crippen LogP contribution in [0.15, 0.2) is 17.3 Å². The lowest BCUT2D eigenvalue weighted by Gasteiger charge is -2.16. The monoisotopic (exact) mass is 310 g/mol. The molecule has 0 saturated heterocycles. The first-order valence-corrected chi connectivity index (χ1v) is 7.14. The van der Waals surface area contributed by atoms with Gasteiger partial charge in [0.25, 0.3) is 5.56 Å². The molecule has 21 heavy (non-hydrogen) atoms. The summed E-state index contributed by atoms with van der Waals surface area (Å²) in [7, 11) is 1.86. The second-order valence-electron chi connectivity index (χ2n) is 5.42. The molecule has 0 aromatic carbocycles. The fraction of sp³-hybridized carbons (Fsp3) is 0.538. The minimum Gasteiger partial charge on any atom is -0.373 e. The molecular weight excluding hydrogens is 292 g/mol. The van der Waals surface area contributed by atoms with Crippen LogP contribution in [-0.4, -0.2) is 24.5 Å². The number of aryl methyl sites for hydroxylation is 1. The molecule has 2 rings (SSSR count). The molecule has 0 aliphatic heterocycles. The number of aromatic nitrogens is 5. The average molecular weight is 311 g/mol. The summed E-state index contributed by atoms with van der Waals surface area (Å²) in [6.45, 7) is 6.49. The lowest BCUT2D eigenvalue weighted by molar-refractivity contribution is 0.464. The molecular formula is C13H19ClN6O. The highest BCUT2D eigenvalue weighted by Crippen LogP contribution is 2.21.